The van der Waals surface area contributed by atoms with E-state index in [1.165, 1.54) is 32.1 Å². The fourth-order valence-corrected chi connectivity index (χ4v) is 3.52. The SMILES string of the molecule is CC1(C)CCCC(C2(N)CC2(C)C)C1. The van der Waals surface area contributed by atoms with Gasteiger partial charge in [-0.15, -0.1) is 0 Å². The zero-order valence-electron chi connectivity index (χ0n) is 10.2. The van der Waals surface area contributed by atoms with Gasteiger partial charge in [0, 0.05) is 5.54 Å². The molecular formula is C13H25N. The maximum Gasteiger partial charge on any atom is 0.0241 e. The van der Waals surface area contributed by atoms with Crippen LogP contribution in [0, 0.1) is 16.7 Å². The highest BCUT2D eigenvalue weighted by atomic mass is 14.9. The van der Waals surface area contributed by atoms with Gasteiger partial charge in [-0.2, -0.15) is 0 Å². The lowest BCUT2D eigenvalue weighted by molar-refractivity contribution is 0.140. The second-order valence-corrected chi connectivity index (χ2v) is 7.06. The first-order valence-electron chi connectivity index (χ1n) is 6.06. The quantitative estimate of drug-likeness (QED) is 0.682. The standard InChI is InChI=1S/C13H25N/c1-11(2)7-5-6-10(8-11)13(14)9-12(13,3)4/h10H,5-9,14H2,1-4H3. The normalized spacial score (nSPS) is 44.8. The summed E-state index contributed by atoms with van der Waals surface area (Å²) in [6, 6.07) is 0. The highest BCUT2D eigenvalue weighted by molar-refractivity contribution is 5.18. The van der Waals surface area contributed by atoms with Gasteiger partial charge >= 0.3 is 0 Å². The van der Waals surface area contributed by atoms with Gasteiger partial charge in [0.25, 0.3) is 0 Å². The van der Waals surface area contributed by atoms with E-state index in [1.54, 1.807) is 0 Å². The second-order valence-electron chi connectivity index (χ2n) is 7.06. The summed E-state index contributed by atoms with van der Waals surface area (Å²) >= 11 is 0. The van der Waals surface area contributed by atoms with Gasteiger partial charge in [0.05, 0.1) is 0 Å². The summed E-state index contributed by atoms with van der Waals surface area (Å²) in [7, 11) is 0. The molecule has 2 saturated carbocycles. The predicted octanol–water partition coefficient (Wildman–Crippen LogP) is 3.33. The Morgan fingerprint density at radius 3 is 2.14 bits per heavy atom. The topological polar surface area (TPSA) is 26.0 Å². The molecule has 14 heavy (non-hydrogen) atoms. The van der Waals surface area contributed by atoms with Gasteiger partial charge in [-0.3, -0.25) is 0 Å². The maximum atomic E-state index is 6.52. The zero-order valence-corrected chi connectivity index (χ0v) is 10.2. The van der Waals surface area contributed by atoms with Crippen LogP contribution in [0.4, 0.5) is 0 Å². The van der Waals surface area contributed by atoms with E-state index in [2.05, 4.69) is 27.7 Å². The molecule has 0 spiro atoms. The molecule has 2 aliphatic carbocycles. The van der Waals surface area contributed by atoms with Crippen LogP contribution in [0.3, 0.4) is 0 Å². The molecule has 2 rings (SSSR count). The summed E-state index contributed by atoms with van der Waals surface area (Å²) in [5.74, 6) is 0.779. The number of hydrogen-bond acceptors (Lipinski definition) is 1. The molecule has 0 heterocycles. The van der Waals surface area contributed by atoms with Crippen LogP contribution < -0.4 is 5.73 Å². The zero-order chi connectivity index (χ0) is 10.6. The third-order valence-electron chi connectivity index (χ3n) is 4.80. The van der Waals surface area contributed by atoms with E-state index < -0.39 is 0 Å². The van der Waals surface area contributed by atoms with Crippen LogP contribution in [0.15, 0.2) is 0 Å². The van der Waals surface area contributed by atoms with E-state index in [4.69, 9.17) is 5.73 Å². The third-order valence-corrected chi connectivity index (χ3v) is 4.80. The first-order valence-corrected chi connectivity index (χ1v) is 6.06. The summed E-state index contributed by atoms with van der Waals surface area (Å²) in [6.07, 6.45) is 6.71. The summed E-state index contributed by atoms with van der Waals surface area (Å²) in [5.41, 5.74) is 7.64. The molecule has 2 atom stereocenters. The van der Waals surface area contributed by atoms with Crippen molar-refractivity contribution in [2.45, 2.75) is 65.3 Å². The second kappa shape index (κ2) is 2.75. The van der Waals surface area contributed by atoms with Crippen LogP contribution in [0.25, 0.3) is 0 Å². The van der Waals surface area contributed by atoms with Crippen LogP contribution in [-0.2, 0) is 0 Å². The average Bonchev–Trinajstić information content (AvgIpc) is 2.50. The minimum absolute atomic E-state index is 0.171. The Kier molecular flexibility index (Phi) is 2.06. The molecule has 82 valence electrons. The molecule has 1 heteroatoms. The van der Waals surface area contributed by atoms with Crippen LogP contribution >= 0.6 is 0 Å². The summed E-state index contributed by atoms with van der Waals surface area (Å²) in [4.78, 5) is 0. The van der Waals surface area contributed by atoms with Gasteiger partial charge in [-0.05, 0) is 42.4 Å². The molecule has 0 amide bonds. The highest BCUT2D eigenvalue weighted by Gasteiger charge is 2.62. The van der Waals surface area contributed by atoms with Gasteiger partial charge in [-0.1, -0.05) is 34.1 Å². The Hall–Kier alpha value is -0.0400. The summed E-state index contributed by atoms with van der Waals surface area (Å²) in [6.45, 7) is 9.46. The fraction of sp³-hybridized carbons (Fsp3) is 1.00. The number of rotatable bonds is 1. The van der Waals surface area contributed by atoms with Gasteiger partial charge < -0.3 is 5.73 Å². The minimum Gasteiger partial charge on any atom is -0.324 e. The van der Waals surface area contributed by atoms with Crippen molar-refractivity contribution in [2.24, 2.45) is 22.5 Å². The third kappa shape index (κ3) is 1.50. The predicted molar refractivity (Wildman–Crippen MR) is 61.1 cm³/mol. The fourth-order valence-electron chi connectivity index (χ4n) is 3.52. The smallest absolute Gasteiger partial charge is 0.0241 e. The van der Waals surface area contributed by atoms with Crippen molar-refractivity contribution >= 4 is 0 Å². The van der Waals surface area contributed by atoms with E-state index in [0.29, 0.717) is 10.8 Å². The molecule has 0 aromatic carbocycles. The van der Waals surface area contributed by atoms with Gasteiger partial charge in [-0.25, -0.2) is 0 Å². The lowest BCUT2D eigenvalue weighted by Crippen LogP contribution is -2.41. The summed E-state index contributed by atoms with van der Waals surface area (Å²) in [5, 5.41) is 0. The van der Waals surface area contributed by atoms with Crippen molar-refractivity contribution < 1.29 is 0 Å². The number of nitrogens with two attached hydrogens (primary N) is 1. The lowest BCUT2D eigenvalue weighted by atomic mass is 9.68. The van der Waals surface area contributed by atoms with E-state index in [1.807, 2.05) is 0 Å². The number of hydrogen-bond donors (Lipinski definition) is 1. The Morgan fingerprint density at radius 1 is 1.14 bits per heavy atom. The maximum absolute atomic E-state index is 6.52. The Morgan fingerprint density at radius 2 is 1.71 bits per heavy atom. The van der Waals surface area contributed by atoms with Crippen LogP contribution in [-0.4, -0.2) is 5.54 Å². The van der Waals surface area contributed by atoms with Crippen LogP contribution in [0.2, 0.25) is 0 Å². The van der Waals surface area contributed by atoms with Crippen LogP contribution in [0.5, 0.6) is 0 Å². The molecule has 0 saturated heterocycles. The Balaban J connectivity index is 2.07. The first-order chi connectivity index (χ1) is 6.27. The van der Waals surface area contributed by atoms with E-state index in [-0.39, 0.29) is 5.54 Å². The lowest BCUT2D eigenvalue weighted by Gasteiger charge is -2.39. The molecule has 2 aliphatic rings. The largest absolute Gasteiger partial charge is 0.324 e. The summed E-state index contributed by atoms with van der Waals surface area (Å²) < 4.78 is 0. The van der Waals surface area contributed by atoms with E-state index in [0.717, 1.165) is 5.92 Å². The molecular weight excluding hydrogens is 170 g/mol. The molecule has 0 bridgehead atoms. The molecule has 0 aromatic rings. The Labute approximate surface area is 88.4 Å². The van der Waals surface area contributed by atoms with Crippen molar-refractivity contribution in [3.05, 3.63) is 0 Å². The van der Waals surface area contributed by atoms with Gasteiger partial charge in [0.15, 0.2) is 0 Å². The molecule has 1 nitrogen and oxygen atoms in total. The first kappa shape index (κ1) is 10.5. The highest BCUT2D eigenvalue weighted by Crippen LogP contribution is 2.62. The molecule has 2 fully saturated rings. The van der Waals surface area contributed by atoms with Gasteiger partial charge in [0.2, 0.25) is 0 Å². The average molecular weight is 195 g/mol. The molecule has 2 N–H and O–H groups in total. The monoisotopic (exact) mass is 195 g/mol. The Bertz CT molecular complexity index is 242. The molecule has 0 aromatic heterocycles. The van der Waals surface area contributed by atoms with Gasteiger partial charge in [0.1, 0.15) is 0 Å². The molecule has 0 aliphatic heterocycles. The van der Waals surface area contributed by atoms with Crippen molar-refractivity contribution in [3.8, 4) is 0 Å². The molecule has 0 radical (unpaired) electrons. The van der Waals surface area contributed by atoms with Crippen molar-refractivity contribution in [2.75, 3.05) is 0 Å². The van der Waals surface area contributed by atoms with Crippen molar-refractivity contribution in [1.29, 1.82) is 0 Å². The van der Waals surface area contributed by atoms with Crippen LogP contribution in [0.1, 0.15) is 59.8 Å². The van der Waals surface area contributed by atoms with E-state index in [9.17, 15) is 0 Å². The minimum atomic E-state index is 0.171. The van der Waals surface area contributed by atoms with Crippen molar-refractivity contribution in [1.82, 2.24) is 0 Å². The van der Waals surface area contributed by atoms with E-state index >= 15 is 0 Å². The molecule has 2 unspecified atom stereocenters. The van der Waals surface area contributed by atoms with Crippen molar-refractivity contribution in [3.63, 3.8) is 0 Å².